The standard InChI is InChI=1S/C18H29NO2/c1-5-8-19-11-16-9-13(2)18(14(3)10-16)20-12-17-7-6-15(4)21-17/h9-10,15,17,19H,5-8,11-12H2,1-4H3. The number of hydrogen-bond acceptors (Lipinski definition) is 3. The molecule has 2 rings (SSSR count). The summed E-state index contributed by atoms with van der Waals surface area (Å²) in [4.78, 5) is 0. The number of aryl methyl sites for hydroxylation is 2. The molecule has 1 aromatic carbocycles. The maximum Gasteiger partial charge on any atom is 0.125 e. The van der Waals surface area contributed by atoms with Crippen LogP contribution in [0.3, 0.4) is 0 Å². The molecule has 1 aromatic rings. The zero-order valence-electron chi connectivity index (χ0n) is 13.9. The van der Waals surface area contributed by atoms with Gasteiger partial charge >= 0.3 is 0 Å². The van der Waals surface area contributed by atoms with E-state index in [1.165, 1.54) is 23.1 Å². The smallest absolute Gasteiger partial charge is 0.125 e. The SMILES string of the molecule is CCCNCc1cc(C)c(OCC2CCC(C)O2)c(C)c1. The first-order chi connectivity index (χ1) is 10.1. The summed E-state index contributed by atoms with van der Waals surface area (Å²) in [6, 6.07) is 4.45. The molecular weight excluding hydrogens is 262 g/mol. The second-order valence-electron chi connectivity index (χ2n) is 6.19. The third-order valence-electron chi connectivity index (χ3n) is 4.01. The summed E-state index contributed by atoms with van der Waals surface area (Å²) in [5.74, 6) is 1.03. The van der Waals surface area contributed by atoms with Crippen molar-refractivity contribution >= 4 is 0 Å². The van der Waals surface area contributed by atoms with Gasteiger partial charge in [-0.05, 0) is 63.3 Å². The van der Waals surface area contributed by atoms with Gasteiger partial charge in [0.25, 0.3) is 0 Å². The highest BCUT2D eigenvalue weighted by molar-refractivity contribution is 5.43. The normalized spacial score (nSPS) is 21.7. The maximum absolute atomic E-state index is 6.04. The van der Waals surface area contributed by atoms with Gasteiger partial charge in [-0.25, -0.2) is 0 Å². The van der Waals surface area contributed by atoms with Gasteiger partial charge in [0, 0.05) is 6.54 Å². The molecular formula is C18H29NO2. The second kappa shape index (κ2) is 7.81. The maximum atomic E-state index is 6.04. The summed E-state index contributed by atoms with van der Waals surface area (Å²) in [5.41, 5.74) is 3.76. The van der Waals surface area contributed by atoms with Crippen LogP contribution in [0.1, 0.15) is 49.8 Å². The Labute approximate surface area is 129 Å². The minimum absolute atomic E-state index is 0.254. The van der Waals surface area contributed by atoms with Crippen molar-refractivity contribution in [1.29, 1.82) is 0 Å². The van der Waals surface area contributed by atoms with Crippen LogP contribution in [0, 0.1) is 13.8 Å². The average molecular weight is 291 g/mol. The second-order valence-corrected chi connectivity index (χ2v) is 6.19. The number of rotatable bonds is 7. The van der Waals surface area contributed by atoms with Crippen LogP contribution in [0.5, 0.6) is 5.75 Å². The highest BCUT2D eigenvalue weighted by Gasteiger charge is 2.22. The average Bonchev–Trinajstić information content (AvgIpc) is 2.84. The Hall–Kier alpha value is -1.06. The van der Waals surface area contributed by atoms with Crippen molar-refractivity contribution in [1.82, 2.24) is 5.32 Å². The molecule has 3 heteroatoms. The van der Waals surface area contributed by atoms with E-state index in [4.69, 9.17) is 9.47 Å². The van der Waals surface area contributed by atoms with Gasteiger partial charge in [-0.1, -0.05) is 19.1 Å². The Morgan fingerprint density at radius 1 is 1.24 bits per heavy atom. The third-order valence-corrected chi connectivity index (χ3v) is 4.01. The van der Waals surface area contributed by atoms with E-state index in [1.807, 2.05) is 0 Å². The zero-order valence-corrected chi connectivity index (χ0v) is 13.9. The van der Waals surface area contributed by atoms with Gasteiger partial charge in [0.1, 0.15) is 12.4 Å². The lowest BCUT2D eigenvalue weighted by Gasteiger charge is -2.17. The largest absolute Gasteiger partial charge is 0.490 e. The number of benzene rings is 1. The molecule has 2 atom stereocenters. The first kappa shape index (κ1) is 16.3. The van der Waals surface area contributed by atoms with Gasteiger partial charge < -0.3 is 14.8 Å². The fraction of sp³-hybridized carbons (Fsp3) is 0.667. The van der Waals surface area contributed by atoms with Gasteiger partial charge in [0.05, 0.1) is 12.2 Å². The lowest BCUT2D eigenvalue weighted by Crippen LogP contribution is -2.19. The Morgan fingerprint density at radius 2 is 1.95 bits per heavy atom. The summed E-state index contributed by atoms with van der Waals surface area (Å²) >= 11 is 0. The van der Waals surface area contributed by atoms with Crippen molar-refractivity contribution in [2.75, 3.05) is 13.2 Å². The van der Waals surface area contributed by atoms with E-state index in [0.29, 0.717) is 12.7 Å². The number of nitrogens with one attached hydrogen (secondary N) is 1. The molecule has 3 nitrogen and oxygen atoms in total. The molecule has 2 unspecified atom stereocenters. The fourth-order valence-corrected chi connectivity index (χ4v) is 2.96. The summed E-state index contributed by atoms with van der Waals surface area (Å²) in [5, 5.41) is 3.45. The van der Waals surface area contributed by atoms with Crippen LogP contribution < -0.4 is 10.1 Å². The van der Waals surface area contributed by atoms with Crippen LogP contribution in [-0.4, -0.2) is 25.4 Å². The lowest BCUT2D eigenvalue weighted by molar-refractivity contribution is 0.0262. The molecule has 1 N–H and O–H groups in total. The van der Waals surface area contributed by atoms with Crippen LogP contribution in [0.25, 0.3) is 0 Å². The highest BCUT2D eigenvalue weighted by Crippen LogP contribution is 2.27. The van der Waals surface area contributed by atoms with E-state index in [-0.39, 0.29) is 6.10 Å². The van der Waals surface area contributed by atoms with Crippen LogP contribution in [0.2, 0.25) is 0 Å². The molecule has 0 saturated carbocycles. The molecule has 0 aromatic heterocycles. The Morgan fingerprint density at radius 3 is 2.52 bits per heavy atom. The van der Waals surface area contributed by atoms with Gasteiger partial charge in [-0.2, -0.15) is 0 Å². The van der Waals surface area contributed by atoms with E-state index < -0.39 is 0 Å². The summed E-state index contributed by atoms with van der Waals surface area (Å²) < 4.78 is 11.9. The van der Waals surface area contributed by atoms with E-state index in [1.54, 1.807) is 0 Å². The summed E-state index contributed by atoms with van der Waals surface area (Å²) in [6.07, 6.45) is 4.06. The quantitative estimate of drug-likeness (QED) is 0.776. The van der Waals surface area contributed by atoms with Crippen LogP contribution in [0.4, 0.5) is 0 Å². The first-order valence-corrected chi connectivity index (χ1v) is 8.19. The minimum Gasteiger partial charge on any atom is -0.490 e. The Kier molecular flexibility index (Phi) is 6.07. The van der Waals surface area contributed by atoms with Crippen molar-refractivity contribution in [3.63, 3.8) is 0 Å². The predicted octanol–water partition coefficient (Wildman–Crippen LogP) is 3.75. The van der Waals surface area contributed by atoms with Crippen molar-refractivity contribution < 1.29 is 9.47 Å². The van der Waals surface area contributed by atoms with Crippen molar-refractivity contribution in [2.24, 2.45) is 0 Å². The van der Waals surface area contributed by atoms with E-state index in [9.17, 15) is 0 Å². The predicted molar refractivity (Wildman–Crippen MR) is 87.0 cm³/mol. The molecule has 1 heterocycles. The van der Waals surface area contributed by atoms with E-state index in [0.717, 1.165) is 31.7 Å². The molecule has 1 fully saturated rings. The summed E-state index contributed by atoms with van der Waals surface area (Å²) in [7, 11) is 0. The molecule has 118 valence electrons. The van der Waals surface area contributed by atoms with E-state index >= 15 is 0 Å². The van der Waals surface area contributed by atoms with Gasteiger partial charge in [-0.3, -0.25) is 0 Å². The molecule has 0 radical (unpaired) electrons. The van der Waals surface area contributed by atoms with Gasteiger partial charge in [-0.15, -0.1) is 0 Å². The summed E-state index contributed by atoms with van der Waals surface area (Å²) in [6.45, 7) is 11.2. The molecule has 0 amide bonds. The molecule has 1 aliphatic rings. The van der Waals surface area contributed by atoms with E-state index in [2.05, 4.69) is 45.1 Å². The van der Waals surface area contributed by atoms with Gasteiger partial charge in [0.15, 0.2) is 0 Å². The zero-order chi connectivity index (χ0) is 15.2. The Bertz CT molecular complexity index is 436. The van der Waals surface area contributed by atoms with Crippen molar-refractivity contribution in [3.05, 3.63) is 28.8 Å². The van der Waals surface area contributed by atoms with Gasteiger partial charge in [0.2, 0.25) is 0 Å². The van der Waals surface area contributed by atoms with Crippen LogP contribution >= 0.6 is 0 Å². The van der Waals surface area contributed by atoms with Crippen molar-refractivity contribution in [3.8, 4) is 5.75 Å². The molecule has 21 heavy (non-hydrogen) atoms. The molecule has 0 aliphatic carbocycles. The van der Waals surface area contributed by atoms with Crippen molar-refractivity contribution in [2.45, 2.75) is 65.7 Å². The Balaban J connectivity index is 1.93. The lowest BCUT2D eigenvalue weighted by atomic mass is 10.1. The van der Waals surface area contributed by atoms with Crippen LogP contribution in [-0.2, 0) is 11.3 Å². The minimum atomic E-state index is 0.254. The fourth-order valence-electron chi connectivity index (χ4n) is 2.96. The molecule has 0 bridgehead atoms. The number of hydrogen-bond donors (Lipinski definition) is 1. The highest BCUT2D eigenvalue weighted by atomic mass is 16.5. The molecule has 1 saturated heterocycles. The molecule has 0 spiro atoms. The monoisotopic (exact) mass is 291 g/mol. The molecule has 1 aliphatic heterocycles. The van der Waals surface area contributed by atoms with Crippen LogP contribution in [0.15, 0.2) is 12.1 Å². The third kappa shape index (κ3) is 4.72. The topological polar surface area (TPSA) is 30.5 Å². The first-order valence-electron chi connectivity index (χ1n) is 8.19. The number of ether oxygens (including phenoxy) is 2.